The van der Waals surface area contributed by atoms with Crippen LogP contribution >= 0.6 is 0 Å². The predicted molar refractivity (Wildman–Crippen MR) is 84.8 cm³/mol. The predicted octanol–water partition coefficient (Wildman–Crippen LogP) is 2.41. The first-order valence-electron chi connectivity index (χ1n) is 7.88. The molecular formula is C16H23F4N2O2S+. The van der Waals surface area contributed by atoms with Crippen LogP contribution in [0.15, 0.2) is 23.1 Å². The Labute approximate surface area is 145 Å². The van der Waals surface area contributed by atoms with Crippen molar-refractivity contribution in [2.75, 3.05) is 0 Å². The van der Waals surface area contributed by atoms with E-state index in [9.17, 15) is 26.0 Å². The minimum atomic E-state index is -4.96. The summed E-state index contributed by atoms with van der Waals surface area (Å²) in [7, 11) is -4.19. The molecule has 1 saturated heterocycles. The third kappa shape index (κ3) is 4.92. The van der Waals surface area contributed by atoms with E-state index in [1.54, 1.807) is 0 Å². The number of rotatable bonds is 3. The number of quaternary nitrogens is 1. The van der Waals surface area contributed by atoms with Crippen LogP contribution in [-0.4, -0.2) is 25.5 Å². The van der Waals surface area contributed by atoms with Gasteiger partial charge in [0.1, 0.15) is 5.82 Å². The first-order chi connectivity index (χ1) is 11.1. The molecule has 2 rings (SSSR count). The van der Waals surface area contributed by atoms with Gasteiger partial charge in [-0.1, -0.05) is 0 Å². The summed E-state index contributed by atoms with van der Waals surface area (Å²) in [5, 5.41) is 2.16. The van der Waals surface area contributed by atoms with Gasteiger partial charge in [-0.25, -0.2) is 17.5 Å². The molecule has 1 aliphatic rings. The van der Waals surface area contributed by atoms with Gasteiger partial charge in [-0.05, 0) is 45.9 Å². The molecule has 1 aromatic carbocycles. The normalized spacial score (nSPS) is 21.3. The third-order valence-corrected chi connectivity index (χ3v) is 5.72. The third-order valence-electron chi connectivity index (χ3n) is 4.20. The van der Waals surface area contributed by atoms with Crippen LogP contribution in [0.25, 0.3) is 0 Å². The molecule has 0 bridgehead atoms. The van der Waals surface area contributed by atoms with Crippen molar-refractivity contribution in [1.29, 1.82) is 0 Å². The Morgan fingerprint density at radius 3 is 2.12 bits per heavy atom. The van der Waals surface area contributed by atoms with Crippen molar-refractivity contribution in [2.45, 2.75) is 68.7 Å². The Kier molecular flexibility index (Phi) is 5.00. The van der Waals surface area contributed by atoms with Crippen LogP contribution in [0.4, 0.5) is 17.6 Å². The van der Waals surface area contributed by atoms with Crippen LogP contribution in [-0.2, 0) is 16.2 Å². The maximum Gasteiger partial charge on any atom is 0.419 e. The second kappa shape index (κ2) is 6.21. The molecule has 0 unspecified atom stereocenters. The average Bonchev–Trinajstić information content (AvgIpc) is 2.32. The van der Waals surface area contributed by atoms with Crippen molar-refractivity contribution in [2.24, 2.45) is 0 Å². The SMILES string of the molecule is CC1(C)CC(NS(=O)(=O)c2ccc(F)c(C(F)(F)F)c2)CC(C)(C)[NH2+]1. The Bertz CT molecular complexity index is 742. The zero-order valence-electron chi connectivity index (χ0n) is 14.5. The Morgan fingerprint density at radius 1 is 1.12 bits per heavy atom. The van der Waals surface area contributed by atoms with Crippen molar-refractivity contribution in [3.05, 3.63) is 29.6 Å². The zero-order valence-corrected chi connectivity index (χ0v) is 15.4. The lowest BCUT2D eigenvalue weighted by Gasteiger charge is -2.43. The Balaban J connectivity index is 2.31. The number of nitrogens with two attached hydrogens (primary N) is 1. The van der Waals surface area contributed by atoms with Crippen LogP contribution in [0.2, 0.25) is 0 Å². The number of hydrogen-bond acceptors (Lipinski definition) is 2. The summed E-state index contributed by atoms with van der Waals surface area (Å²) in [5.74, 6) is -1.50. The number of nitrogens with one attached hydrogen (secondary N) is 1. The van der Waals surface area contributed by atoms with E-state index < -0.39 is 38.5 Å². The van der Waals surface area contributed by atoms with E-state index in [0.29, 0.717) is 25.0 Å². The molecule has 0 amide bonds. The summed E-state index contributed by atoms with van der Waals surface area (Å²) in [5.41, 5.74) is -2.02. The van der Waals surface area contributed by atoms with Gasteiger partial charge >= 0.3 is 6.18 Å². The molecule has 0 aliphatic carbocycles. The molecule has 0 radical (unpaired) electrons. The summed E-state index contributed by atoms with van der Waals surface area (Å²) >= 11 is 0. The van der Waals surface area contributed by atoms with Gasteiger partial charge in [0.05, 0.1) is 21.5 Å². The Morgan fingerprint density at radius 2 is 1.64 bits per heavy atom. The largest absolute Gasteiger partial charge is 0.419 e. The van der Waals surface area contributed by atoms with E-state index in [1.807, 2.05) is 27.7 Å². The van der Waals surface area contributed by atoms with Gasteiger partial charge < -0.3 is 5.32 Å². The van der Waals surface area contributed by atoms with Crippen LogP contribution < -0.4 is 10.0 Å². The molecule has 0 spiro atoms. The second-order valence-corrected chi connectivity index (χ2v) is 9.70. The number of hydrogen-bond donors (Lipinski definition) is 2. The van der Waals surface area contributed by atoms with Gasteiger partial charge in [0.15, 0.2) is 0 Å². The molecule has 9 heteroatoms. The summed E-state index contributed by atoms with van der Waals surface area (Å²) in [6.07, 6.45) is -3.90. The quantitative estimate of drug-likeness (QED) is 0.788. The van der Waals surface area contributed by atoms with E-state index in [-0.39, 0.29) is 11.1 Å². The summed E-state index contributed by atoms with van der Waals surface area (Å²) in [4.78, 5) is -0.591. The number of sulfonamides is 1. The van der Waals surface area contributed by atoms with Crippen molar-refractivity contribution in [3.63, 3.8) is 0 Å². The molecule has 25 heavy (non-hydrogen) atoms. The van der Waals surface area contributed by atoms with Crippen LogP contribution in [0.5, 0.6) is 0 Å². The molecule has 1 aliphatic heterocycles. The molecule has 1 heterocycles. The molecule has 1 fully saturated rings. The molecule has 142 valence electrons. The first kappa shape index (κ1) is 20.1. The van der Waals surface area contributed by atoms with E-state index in [1.165, 1.54) is 0 Å². The average molecular weight is 383 g/mol. The van der Waals surface area contributed by atoms with Gasteiger partial charge in [0, 0.05) is 18.9 Å². The van der Waals surface area contributed by atoms with Gasteiger partial charge in [-0.15, -0.1) is 0 Å². The number of piperidine rings is 1. The first-order valence-corrected chi connectivity index (χ1v) is 9.36. The van der Waals surface area contributed by atoms with Crippen LogP contribution in [0, 0.1) is 5.82 Å². The molecule has 3 N–H and O–H groups in total. The highest BCUT2D eigenvalue weighted by Gasteiger charge is 2.43. The monoisotopic (exact) mass is 383 g/mol. The van der Waals surface area contributed by atoms with Crippen molar-refractivity contribution in [3.8, 4) is 0 Å². The number of halogens is 4. The van der Waals surface area contributed by atoms with Gasteiger partial charge in [-0.2, -0.15) is 13.2 Å². The van der Waals surface area contributed by atoms with E-state index in [0.717, 1.165) is 6.07 Å². The summed E-state index contributed by atoms with van der Waals surface area (Å²) in [6.45, 7) is 7.92. The smallest absolute Gasteiger partial charge is 0.337 e. The van der Waals surface area contributed by atoms with Crippen molar-refractivity contribution < 1.29 is 31.3 Å². The topological polar surface area (TPSA) is 62.8 Å². The Hall–Kier alpha value is -1.19. The molecule has 0 atom stereocenters. The van der Waals surface area contributed by atoms with Crippen LogP contribution in [0.3, 0.4) is 0 Å². The maximum absolute atomic E-state index is 13.4. The van der Waals surface area contributed by atoms with Crippen LogP contribution in [0.1, 0.15) is 46.1 Å². The lowest BCUT2D eigenvalue weighted by Crippen LogP contribution is -3.06. The standard InChI is InChI=1S/C16H22F4N2O2S/c1-14(2)8-10(9-15(3,4)22-14)21-25(23,24)11-5-6-13(17)12(7-11)16(18,19)20/h5-7,10,21-22H,8-9H2,1-4H3/p+1. The minimum Gasteiger partial charge on any atom is -0.337 e. The lowest BCUT2D eigenvalue weighted by atomic mass is 9.80. The second-order valence-electron chi connectivity index (χ2n) is 7.99. The highest BCUT2D eigenvalue weighted by Crippen LogP contribution is 2.33. The molecule has 0 saturated carbocycles. The maximum atomic E-state index is 13.4. The number of benzene rings is 1. The fourth-order valence-corrected chi connectivity index (χ4v) is 5.04. The van der Waals surface area contributed by atoms with Gasteiger partial charge in [0.25, 0.3) is 0 Å². The van der Waals surface area contributed by atoms with Gasteiger partial charge in [-0.3, -0.25) is 0 Å². The highest BCUT2D eigenvalue weighted by atomic mass is 32.2. The van der Waals surface area contributed by atoms with Crippen molar-refractivity contribution in [1.82, 2.24) is 4.72 Å². The highest BCUT2D eigenvalue weighted by molar-refractivity contribution is 7.89. The lowest BCUT2D eigenvalue weighted by molar-refractivity contribution is -0.787. The molecular weight excluding hydrogens is 360 g/mol. The van der Waals surface area contributed by atoms with Gasteiger partial charge in [0.2, 0.25) is 10.0 Å². The summed E-state index contributed by atoms with van der Waals surface area (Å²) < 4.78 is 79.3. The fraction of sp³-hybridized carbons (Fsp3) is 0.625. The fourth-order valence-electron chi connectivity index (χ4n) is 3.78. The zero-order chi connectivity index (χ0) is 19.3. The molecule has 0 aromatic heterocycles. The van der Waals surface area contributed by atoms with E-state index >= 15 is 0 Å². The minimum absolute atomic E-state index is 0.213. The molecule has 1 aromatic rings. The van der Waals surface area contributed by atoms with E-state index in [4.69, 9.17) is 0 Å². The van der Waals surface area contributed by atoms with Crippen molar-refractivity contribution >= 4 is 10.0 Å². The number of alkyl halides is 3. The molecule has 4 nitrogen and oxygen atoms in total. The van der Waals surface area contributed by atoms with E-state index in [2.05, 4.69) is 10.0 Å². The summed E-state index contributed by atoms with van der Waals surface area (Å²) in [6, 6.07) is 1.29.